The van der Waals surface area contributed by atoms with Gasteiger partial charge in [0.2, 0.25) is 0 Å². The first kappa shape index (κ1) is 13.3. The van der Waals surface area contributed by atoms with Crippen LogP contribution >= 0.6 is 0 Å². The zero-order valence-electron chi connectivity index (χ0n) is 11.4. The van der Waals surface area contributed by atoms with Gasteiger partial charge in [0, 0.05) is 0 Å². The molecule has 16 heavy (non-hydrogen) atoms. The second-order valence-electron chi connectivity index (χ2n) is 4.75. The molecule has 0 bridgehead atoms. The molecule has 0 N–H and O–H groups in total. The van der Waals surface area contributed by atoms with Crippen molar-refractivity contribution >= 4 is 0 Å². The summed E-state index contributed by atoms with van der Waals surface area (Å²) in [5, 5.41) is 0. The van der Waals surface area contributed by atoms with Crippen LogP contribution < -0.4 is 0 Å². The molecule has 0 spiro atoms. The van der Waals surface area contributed by atoms with Crippen LogP contribution in [-0.2, 0) is 19.3 Å². The van der Waals surface area contributed by atoms with Crippen molar-refractivity contribution < 1.29 is 0 Å². The molecule has 0 aromatic heterocycles. The Morgan fingerprint density at radius 2 is 1.31 bits per heavy atom. The zero-order chi connectivity index (χ0) is 12.0. The number of hydrogen-bond donors (Lipinski definition) is 0. The van der Waals surface area contributed by atoms with Gasteiger partial charge in [0.1, 0.15) is 0 Å². The van der Waals surface area contributed by atoms with E-state index < -0.39 is 0 Å². The van der Waals surface area contributed by atoms with Crippen LogP contribution in [0.3, 0.4) is 0 Å². The Bertz CT molecular complexity index is 323. The summed E-state index contributed by atoms with van der Waals surface area (Å²) in [6.07, 6.45) is 7.52. The molecule has 0 nitrogen and oxygen atoms in total. The van der Waals surface area contributed by atoms with Gasteiger partial charge < -0.3 is 0 Å². The van der Waals surface area contributed by atoms with Gasteiger partial charge in [-0.05, 0) is 48.4 Å². The Morgan fingerprint density at radius 3 is 1.88 bits per heavy atom. The van der Waals surface area contributed by atoms with Crippen LogP contribution in [0.15, 0.2) is 12.1 Å². The van der Waals surface area contributed by atoms with Crippen molar-refractivity contribution in [3.05, 3.63) is 34.4 Å². The van der Waals surface area contributed by atoms with Crippen molar-refractivity contribution in [2.45, 2.75) is 66.2 Å². The molecule has 0 unspecified atom stereocenters. The largest absolute Gasteiger partial charge is 0.0651 e. The van der Waals surface area contributed by atoms with E-state index in [0.717, 1.165) is 0 Å². The second-order valence-corrected chi connectivity index (χ2v) is 4.75. The maximum absolute atomic E-state index is 2.35. The highest BCUT2D eigenvalue weighted by Crippen LogP contribution is 2.23. The second kappa shape index (κ2) is 6.73. The first-order valence-electron chi connectivity index (χ1n) is 6.84. The molecule has 0 fully saturated rings. The van der Waals surface area contributed by atoms with Gasteiger partial charge in [0.25, 0.3) is 0 Å². The maximum atomic E-state index is 2.35. The van der Waals surface area contributed by atoms with Crippen LogP contribution in [0.5, 0.6) is 0 Å². The van der Waals surface area contributed by atoms with E-state index in [1.54, 1.807) is 16.7 Å². The molecule has 0 heteroatoms. The Labute approximate surface area is 101 Å². The van der Waals surface area contributed by atoms with E-state index in [1.807, 2.05) is 0 Å². The first-order valence-corrected chi connectivity index (χ1v) is 6.84. The molecule has 0 saturated heterocycles. The van der Waals surface area contributed by atoms with E-state index in [2.05, 4.69) is 39.8 Å². The lowest BCUT2D eigenvalue weighted by molar-refractivity contribution is 0.820. The summed E-state index contributed by atoms with van der Waals surface area (Å²) < 4.78 is 0. The summed E-state index contributed by atoms with van der Waals surface area (Å²) >= 11 is 0. The minimum absolute atomic E-state index is 1.24. The number of rotatable bonds is 6. The summed E-state index contributed by atoms with van der Waals surface area (Å²) in [7, 11) is 0. The van der Waals surface area contributed by atoms with Gasteiger partial charge >= 0.3 is 0 Å². The SMILES string of the molecule is CCCc1ccc(C)c(CCC)c1CCC. The van der Waals surface area contributed by atoms with Gasteiger partial charge in [-0.15, -0.1) is 0 Å². The molecule has 0 radical (unpaired) electrons. The molecule has 0 aliphatic carbocycles. The topological polar surface area (TPSA) is 0 Å². The van der Waals surface area contributed by atoms with E-state index in [1.165, 1.54) is 44.1 Å². The van der Waals surface area contributed by atoms with Crippen molar-refractivity contribution in [1.29, 1.82) is 0 Å². The summed E-state index contributed by atoms with van der Waals surface area (Å²) in [5.74, 6) is 0. The van der Waals surface area contributed by atoms with Crippen LogP contribution in [0.2, 0.25) is 0 Å². The molecule has 0 saturated carbocycles. The third-order valence-corrected chi connectivity index (χ3v) is 3.28. The molecule has 1 aromatic rings. The van der Waals surface area contributed by atoms with Crippen molar-refractivity contribution in [1.82, 2.24) is 0 Å². The Morgan fingerprint density at radius 1 is 0.750 bits per heavy atom. The molecule has 1 rings (SSSR count). The molecule has 0 heterocycles. The van der Waals surface area contributed by atoms with E-state index in [4.69, 9.17) is 0 Å². The summed E-state index contributed by atoms with van der Waals surface area (Å²) in [6, 6.07) is 4.66. The third kappa shape index (κ3) is 3.10. The summed E-state index contributed by atoms with van der Waals surface area (Å²) in [6.45, 7) is 9.10. The number of aryl methyl sites for hydroxylation is 2. The molecule has 0 atom stereocenters. The molecular formula is C16H26. The van der Waals surface area contributed by atoms with Crippen molar-refractivity contribution in [3.8, 4) is 0 Å². The van der Waals surface area contributed by atoms with Crippen LogP contribution in [0, 0.1) is 6.92 Å². The predicted octanol–water partition coefficient (Wildman–Crippen LogP) is 4.85. The molecule has 0 amide bonds. The van der Waals surface area contributed by atoms with E-state index in [-0.39, 0.29) is 0 Å². The Kier molecular flexibility index (Phi) is 5.59. The van der Waals surface area contributed by atoms with Crippen LogP contribution in [0.25, 0.3) is 0 Å². The monoisotopic (exact) mass is 218 g/mol. The standard InChI is InChI=1S/C16H26/c1-5-8-14-12-11-13(4)15(9-6-2)16(14)10-7-3/h11-12H,5-10H2,1-4H3. The predicted molar refractivity (Wildman–Crippen MR) is 73.2 cm³/mol. The van der Waals surface area contributed by atoms with Crippen LogP contribution in [0.4, 0.5) is 0 Å². The van der Waals surface area contributed by atoms with Crippen molar-refractivity contribution in [2.75, 3.05) is 0 Å². The molecule has 1 aromatic carbocycles. The minimum atomic E-state index is 1.24. The average molecular weight is 218 g/mol. The molecule has 0 aliphatic rings. The fourth-order valence-corrected chi connectivity index (χ4v) is 2.52. The average Bonchev–Trinajstić information content (AvgIpc) is 2.27. The van der Waals surface area contributed by atoms with Crippen LogP contribution in [-0.4, -0.2) is 0 Å². The minimum Gasteiger partial charge on any atom is -0.0651 e. The van der Waals surface area contributed by atoms with Gasteiger partial charge in [-0.3, -0.25) is 0 Å². The fraction of sp³-hybridized carbons (Fsp3) is 0.625. The van der Waals surface area contributed by atoms with Crippen molar-refractivity contribution in [3.63, 3.8) is 0 Å². The molecule has 0 aliphatic heterocycles. The van der Waals surface area contributed by atoms with Gasteiger partial charge in [0.15, 0.2) is 0 Å². The van der Waals surface area contributed by atoms with E-state index >= 15 is 0 Å². The third-order valence-electron chi connectivity index (χ3n) is 3.28. The highest BCUT2D eigenvalue weighted by atomic mass is 14.1. The number of benzene rings is 1. The lowest BCUT2D eigenvalue weighted by Crippen LogP contribution is -2.03. The highest BCUT2D eigenvalue weighted by Gasteiger charge is 2.09. The first-order chi connectivity index (χ1) is 7.74. The van der Waals surface area contributed by atoms with Gasteiger partial charge in [-0.1, -0.05) is 52.2 Å². The van der Waals surface area contributed by atoms with Gasteiger partial charge in [-0.25, -0.2) is 0 Å². The summed E-state index contributed by atoms with van der Waals surface area (Å²) in [5.41, 5.74) is 6.38. The van der Waals surface area contributed by atoms with Gasteiger partial charge in [0.05, 0.1) is 0 Å². The zero-order valence-corrected chi connectivity index (χ0v) is 11.4. The Hall–Kier alpha value is -0.780. The Balaban J connectivity index is 3.14. The molecular weight excluding hydrogens is 192 g/mol. The maximum Gasteiger partial charge on any atom is -0.0276 e. The fourth-order valence-electron chi connectivity index (χ4n) is 2.52. The number of hydrogen-bond acceptors (Lipinski definition) is 0. The molecule has 90 valence electrons. The van der Waals surface area contributed by atoms with Crippen molar-refractivity contribution in [2.24, 2.45) is 0 Å². The summed E-state index contributed by atoms with van der Waals surface area (Å²) in [4.78, 5) is 0. The quantitative estimate of drug-likeness (QED) is 0.640. The normalized spacial score (nSPS) is 10.8. The van der Waals surface area contributed by atoms with Crippen LogP contribution in [0.1, 0.15) is 62.3 Å². The lowest BCUT2D eigenvalue weighted by atomic mass is 9.89. The smallest absolute Gasteiger partial charge is 0.0276 e. The van der Waals surface area contributed by atoms with E-state index in [9.17, 15) is 0 Å². The van der Waals surface area contributed by atoms with Gasteiger partial charge in [-0.2, -0.15) is 0 Å². The van der Waals surface area contributed by atoms with E-state index in [0.29, 0.717) is 0 Å². The highest BCUT2D eigenvalue weighted by molar-refractivity contribution is 5.41. The lowest BCUT2D eigenvalue weighted by Gasteiger charge is -2.16.